The van der Waals surface area contributed by atoms with Gasteiger partial charge in [-0.1, -0.05) is 0 Å². The van der Waals surface area contributed by atoms with Crippen molar-refractivity contribution in [2.45, 2.75) is 25.9 Å². The first-order valence-electron chi connectivity index (χ1n) is 5.47. The van der Waals surface area contributed by atoms with Crippen LogP contribution in [0.5, 0.6) is 0 Å². The predicted octanol–water partition coefficient (Wildman–Crippen LogP) is 3.52. The van der Waals surface area contributed by atoms with Crippen molar-refractivity contribution in [1.29, 1.82) is 0 Å². The maximum absolute atomic E-state index is 12.4. The van der Waals surface area contributed by atoms with Crippen molar-refractivity contribution >= 4 is 61.5 Å². The van der Waals surface area contributed by atoms with Gasteiger partial charge in [0.2, 0.25) is 0 Å². The Labute approximate surface area is 134 Å². The Morgan fingerprint density at radius 2 is 1.94 bits per heavy atom. The maximum atomic E-state index is 12.4. The number of piperazine rings is 1. The Morgan fingerprint density at radius 1 is 1.39 bits per heavy atom. The second-order valence-electron chi connectivity index (χ2n) is 4.42. The quantitative estimate of drug-likeness (QED) is 0.757. The summed E-state index contributed by atoms with van der Waals surface area (Å²) in [4.78, 5) is 14.3. The maximum Gasteiger partial charge on any atom is 0.256 e. The highest BCUT2D eigenvalue weighted by Gasteiger charge is 2.27. The van der Waals surface area contributed by atoms with Crippen LogP contribution in [0.15, 0.2) is 13.6 Å². The molecule has 2 rings (SSSR count). The van der Waals surface area contributed by atoms with E-state index in [0.29, 0.717) is 12.1 Å². The van der Waals surface area contributed by atoms with Crippen molar-refractivity contribution in [3.05, 3.63) is 19.2 Å². The van der Waals surface area contributed by atoms with Gasteiger partial charge in [0.1, 0.15) is 0 Å². The third kappa shape index (κ3) is 3.70. The number of hydrogen-bond donors (Lipinski definition) is 1. The van der Waals surface area contributed by atoms with Gasteiger partial charge in [-0.2, -0.15) is 0 Å². The molecule has 2 heterocycles. The Bertz CT molecular complexity index is 431. The summed E-state index contributed by atoms with van der Waals surface area (Å²) in [5.41, 5.74) is 0.753. The second kappa shape index (κ2) is 6.70. The van der Waals surface area contributed by atoms with Crippen LogP contribution in [0.1, 0.15) is 24.2 Å². The first-order valence-corrected chi connectivity index (χ1v) is 7.87. The lowest BCUT2D eigenvalue weighted by atomic mass is 10.1. The number of amides is 1. The van der Waals surface area contributed by atoms with Crippen molar-refractivity contribution in [3.63, 3.8) is 0 Å². The largest absolute Gasteiger partial charge is 0.335 e. The van der Waals surface area contributed by atoms with Crippen molar-refractivity contribution in [1.82, 2.24) is 10.2 Å². The normalized spacial score (nSPS) is 23.7. The molecular formula is C11H15Br2ClN2OS. The van der Waals surface area contributed by atoms with Crippen LogP contribution < -0.4 is 5.32 Å². The number of rotatable bonds is 1. The standard InChI is InChI=1S/C11H14Br2N2OS.ClH/c1-6-4-15(5-7(2)14-6)11(16)8-3-9(12)17-10(8)13;/h3,6-7,14H,4-5H2,1-2H3;1H. The van der Waals surface area contributed by atoms with Gasteiger partial charge in [0.15, 0.2) is 0 Å². The van der Waals surface area contributed by atoms with Crippen molar-refractivity contribution in [2.24, 2.45) is 0 Å². The van der Waals surface area contributed by atoms with E-state index < -0.39 is 0 Å². The smallest absolute Gasteiger partial charge is 0.256 e. The van der Waals surface area contributed by atoms with E-state index in [0.717, 1.165) is 26.2 Å². The van der Waals surface area contributed by atoms with E-state index in [4.69, 9.17) is 0 Å². The van der Waals surface area contributed by atoms with Gasteiger partial charge in [0.25, 0.3) is 5.91 Å². The minimum Gasteiger partial charge on any atom is -0.335 e. The highest BCUT2D eigenvalue weighted by Crippen LogP contribution is 2.32. The molecule has 1 aromatic heterocycles. The van der Waals surface area contributed by atoms with E-state index in [1.807, 2.05) is 11.0 Å². The minimum absolute atomic E-state index is 0. The van der Waals surface area contributed by atoms with E-state index in [1.54, 1.807) is 0 Å². The summed E-state index contributed by atoms with van der Waals surface area (Å²) in [5, 5.41) is 3.42. The Hall–Kier alpha value is 0.380. The van der Waals surface area contributed by atoms with Gasteiger partial charge in [0, 0.05) is 25.2 Å². The van der Waals surface area contributed by atoms with E-state index in [-0.39, 0.29) is 18.3 Å². The van der Waals surface area contributed by atoms with Gasteiger partial charge in [-0.05, 0) is 51.8 Å². The monoisotopic (exact) mass is 416 g/mol. The van der Waals surface area contributed by atoms with Gasteiger partial charge in [-0.3, -0.25) is 4.79 Å². The van der Waals surface area contributed by atoms with Gasteiger partial charge in [-0.25, -0.2) is 0 Å². The average Bonchev–Trinajstić information content (AvgIpc) is 2.55. The summed E-state index contributed by atoms with van der Waals surface area (Å²) in [6.07, 6.45) is 0. The molecule has 1 N–H and O–H groups in total. The number of hydrogen-bond acceptors (Lipinski definition) is 3. The topological polar surface area (TPSA) is 32.3 Å². The summed E-state index contributed by atoms with van der Waals surface area (Å²) in [5.74, 6) is 0.110. The van der Waals surface area contributed by atoms with Crippen LogP contribution in [0.4, 0.5) is 0 Å². The average molecular weight is 419 g/mol. The van der Waals surface area contributed by atoms with E-state index in [2.05, 4.69) is 51.0 Å². The Balaban J connectivity index is 0.00000162. The lowest BCUT2D eigenvalue weighted by Crippen LogP contribution is -2.55. The molecular weight excluding hydrogens is 403 g/mol. The molecule has 102 valence electrons. The summed E-state index contributed by atoms with van der Waals surface area (Å²) in [6, 6.07) is 2.58. The number of carbonyl (C=O) groups is 1. The molecule has 1 fully saturated rings. The molecule has 2 atom stereocenters. The zero-order valence-corrected chi connectivity index (χ0v) is 14.9. The SMILES string of the molecule is CC1CN(C(=O)c2cc(Br)sc2Br)CC(C)N1.Cl. The molecule has 0 aliphatic carbocycles. The lowest BCUT2D eigenvalue weighted by molar-refractivity contribution is 0.0673. The fourth-order valence-corrected chi connectivity index (χ4v) is 4.93. The van der Waals surface area contributed by atoms with Crippen molar-refractivity contribution < 1.29 is 4.79 Å². The highest BCUT2D eigenvalue weighted by atomic mass is 79.9. The zero-order chi connectivity index (χ0) is 12.6. The zero-order valence-electron chi connectivity index (χ0n) is 10.1. The molecule has 2 unspecified atom stereocenters. The summed E-state index contributed by atoms with van der Waals surface area (Å²) in [6.45, 7) is 5.75. The van der Waals surface area contributed by atoms with Crippen LogP contribution in [0.2, 0.25) is 0 Å². The molecule has 0 aromatic carbocycles. The summed E-state index contributed by atoms with van der Waals surface area (Å²) < 4.78 is 1.87. The van der Waals surface area contributed by atoms with Crippen LogP contribution in [0.3, 0.4) is 0 Å². The molecule has 1 amide bonds. The van der Waals surface area contributed by atoms with Crippen LogP contribution in [0.25, 0.3) is 0 Å². The van der Waals surface area contributed by atoms with Gasteiger partial charge in [-0.15, -0.1) is 23.7 Å². The number of thiophene rings is 1. The highest BCUT2D eigenvalue weighted by molar-refractivity contribution is 9.12. The molecule has 3 nitrogen and oxygen atoms in total. The molecule has 1 aromatic rings. The van der Waals surface area contributed by atoms with Crippen LogP contribution in [-0.2, 0) is 0 Å². The van der Waals surface area contributed by atoms with Crippen LogP contribution in [0, 0.1) is 0 Å². The van der Waals surface area contributed by atoms with Gasteiger partial charge < -0.3 is 10.2 Å². The second-order valence-corrected chi connectivity index (χ2v) is 8.17. The van der Waals surface area contributed by atoms with Crippen LogP contribution >= 0.6 is 55.6 Å². The first-order chi connectivity index (χ1) is 7.97. The number of nitrogens with one attached hydrogen (secondary N) is 1. The van der Waals surface area contributed by atoms with Gasteiger partial charge in [0.05, 0.1) is 13.1 Å². The van der Waals surface area contributed by atoms with Gasteiger partial charge >= 0.3 is 0 Å². The van der Waals surface area contributed by atoms with Crippen molar-refractivity contribution in [2.75, 3.05) is 13.1 Å². The molecule has 1 aliphatic rings. The molecule has 18 heavy (non-hydrogen) atoms. The van der Waals surface area contributed by atoms with E-state index in [1.165, 1.54) is 11.3 Å². The third-order valence-corrected chi connectivity index (χ3v) is 5.07. The van der Waals surface area contributed by atoms with E-state index >= 15 is 0 Å². The molecule has 0 saturated carbocycles. The summed E-state index contributed by atoms with van der Waals surface area (Å²) >= 11 is 8.38. The number of halogens is 3. The van der Waals surface area contributed by atoms with Crippen molar-refractivity contribution in [3.8, 4) is 0 Å². The fourth-order valence-electron chi connectivity index (χ4n) is 2.15. The number of carbonyl (C=O) groups excluding carboxylic acids is 1. The fraction of sp³-hybridized carbons (Fsp3) is 0.545. The number of nitrogens with zero attached hydrogens (tertiary/aromatic N) is 1. The van der Waals surface area contributed by atoms with E-state index in [9.17, 15) is 4.79 Å². The Kier molecular flexibility index (Phi) is 6.12. The molecule has 1 aliphatic heterocycles. The van der Waals surface area contributed by atoms with Crippen LogP contribution in [-0.4, -0.2) is 36.0 Å². The molecule has 0 bridgehead atoms. The first kappa shape index (κ1) is 16.4. The Morgan fingerprint density at radius 3 is 2.39 bits per heavy atom. The lowest BCUT2D eigenvalue weighted by Gasteiger charge is -2.36. The molecule has 0 radical (unpaired) electrons. The molecule has 7 heteroatoms. The molecule has 0 spiro atoms. The third-order valence-electron chi connectivity index (χ3n) is 2.73. The minimum atomic E-state index is 0. The molecule has 1 saturated heterocycles. The predicted molar refractivity (Wildman–Crippen MR) is 84.9 cm³/mol. The summed E-state index contributed by atoms with van der Waals surface area (Å²) in [7, 11) is 0.